The van der Waals surface area contributed by atoms with E-state index in [0.29, 0.717) is 18.0 Å². The lowest BCUT2D eigenvalue weighted by atomic mass is 10.1. The Kier molecular flexibility index (Phi) is 3.55. The summed E-state index contributed by atoms with van der Waals surface area (Å²) in [5, 5.41) is 2.73. The molecule has 0 radical (unpaired) electrons. The molecule has 1 heterocycles. The van der Waals surface area contributed by atoms with Gasteiger partial charge >= 0.3 is 0 Å². The first-order valence-corrected chi connectivity index (χ1v) is 6.03. The molecule has 0 saturated heterocycles. The highest BCUT2D eigenvalue weighted by Crippen LogP contribution is 2.37. The Bertz CT molecular complexity index is 482. The Morgan fingerprint density at radius 1 is 1.67 bits per heavy atom. The highest BCUT2D eigenvalue weighted by atomic mass is 16.5. The molecule has 0 fully saturated rings. The van der Waals surface area contributed by atoms with Crippen LogP contribution in [0.3, 0.4) is 0 Å². The normalized spacial score (nSPS) is 16.7. The van der Waals surface area contributed by atoms with Crippen molar-refractivity contribution in [3.8, 4) is 11.5 Å². The van der Waals surface area contributed by atoms with Gasteiger partial charge in [-0.25, -0.2) is 0 Å². The van der Waals surface area contributed by atoms with Gasteiger partial charge in [-0.3, -0.25) is 4.79 Å². The Labute approximate surface area is 107 Å². The van der Waals surface area contributed by atoms with Crippen molar-refractivity contribution in [2.45, 2.75) is 26.4 Å². The summed E-state index contributed by atoms with van der Waals surface area (Å²) in [5.41, 5.74) is 1.73. The minimum absolute atomic E-state index is 0.167. The summed E-state index contributed by atoms with van der Waals surface area (Å²) in [4.78, 5) is 11.4. The predicted molar refractivity (Wildman–Crippen MR) is 70.2 cm³/mol. The monoisotopic (exact) mass is 247 g/mol. The maximum absolute atomic E-state index is 11.4. The minimum Gasteiger partial charge on any atom is -0.492 e. The molecule has 1 aromatic carbocycles. The maximum atomic E-state index is 11.4. The third kappa shape index (κ3) is 2.47. The van der Waals surface area contributed by atoms with Crippen LogP contribution in [-0.4, -0.2) is 18.6 Å². The molecule has 4 heteroatoms. The summed E-state index contributed by atoms with van der Waals surface area (Å²) in [5.74, 6) is 1.22. The van der Waals surface area contributed by atoms with Crippen molar-refractivity contribution in [1.82, 2.24) is 0 Å². The summed E-state index contributed by atoms with van der Waals surface area (Å²) < 4.78 is 11.2. The zero-order valence-electron chi connectivity index (χ0n) is 10.7. The van der Waals surface area contributed by atoms with E-state index in [1.54, 1.807) is 0 Å². The summed E-state index contributed by atoms with van der Waals surface area (Å²) >= 11 is 0. The van der Waals surface area contributed by atoms with Crippen LogP contribution in [0.1, 0.15) is 19.4 Å². The van der Waals surface area contributed by atoms with Crippen molar-refractivity contribution < 1.29 is 14.3 Å². The zero-order valence-corrected chi connectivity index (χ0v) is 10.7. The Hall–Kier alpha value is -1.97. The van der Waals surface area contributed by atoms with Crippen LogP contribution in [-0.2, 0) is 11.2 Å². The van der Waals surface area contributed by atoms with Gasteiger partial charge in [-0.2, -0.15) is 0 Å². The van der Waals surface area contributed by atoms with Gasteiger partial charge in [0, 0.05) is 18.1 Å². The SMILES string of the molecule is C=CC(=O)Nc1cc2c(cc1OCC)CC(C)O2. The van der Waals surface area contributed by atoms with Crippen molar-refractivity contribution in [3.63, 3.8) is 0 Å². The third-order valence-corrected chi connectivity index (χ3v) is 2.74. The standard InChI is InChI=1S/C14H17NO3/c1-4-14(16)15-11-8-12-10(6-9(3)18-12)7-13(11)17-5-2/h4,7-9H,1,5-6H2,2-3H3,(H,15,16). The topological polar surface area (TPSA) is 47.6 Å². The number of fused-ring (bicyclic) bond motifs is 1. The van der Waals surface area contributed by atoms with Gasteiger partial charge in [0.1, 0.15) is 17.6 Å². The number of ether oxygens (including phenoxy) is 2. The number of hydrogen-bond donors (Lipinski definition) is 1. The van der Waals surface area contributed by atoms with E-state index in [1.807, 2.05) is 26.0 Å². The van der Waals surface area contributed by atoms with Crippen molar-refractivity contribution in [1.29, 1.82) is 0 Å². The van der Waals surface area contributed by atoms with Gasteiger partial charge < -0.3 is 14.8 Å². The van der Waals surface area contributed by atoms with Crippen molar-refractivity contribution in [2.24, 2.45) is 0 Å². The van der Waals surface area contributed by atoms with Crippen LogP contribution in [0.2, 0.25) is 0 Å². The van der Waals surface area contributed by atoms with Gasteiger partial charge in [0.25, 0.3) is 0 Å². The molecular weight excluding hydrogens is 230 g/mol. The summed E-state index contributed by atoms with van der Waals surface area (Å²) in [6, 6.07) is 3.74. The molecule has 0 spiro atoms. The average molecular weight is 247 g/mol. The highest BCUT2D eigenvalue weighted by Gasteiger charge is 2.22. The molecule has 1 aromatic rings. The molecule has 18 heavy (non-hydrogen) atoms. The lowest BCUT2D eigenvalue weighted by Gasteiger charge is -2.12. The smallest absolute Gasteiger partial charge is 0.247 e. The van der Waals surface area contributed by atoms with E-state index >= 15 is 0 Å². The van der Waals surface area contributed by atoms with E-state index in [-0.39, 0.29) is 12.0 Å². The second-order valence-corrected chi connectivity index (χ2v) is 4.22. The Morgan fingerprint density at radius 2 is 2.44 bits per heavy atom. The fraction of sp³-hybridized carbons (Fsp3) is 0.357. The van der Waals surface area contributed by atoms with Crippen LogP contribution < -0.4 is 14.8 Å². The summed E-state index contributed by atoms with van der Waals surface area (Å²) in [7, 11) is 0. The number of anilines is 1. The molecule has 0 saturated carbocycles. The van der Waals surface area contributed by atoms with Crippen LogP contribution in [0.15, 0.2) is 24.8 Å². The van der Waals surface area contributed by atoms with E-state index in [2.05, 4.69) is 11.9 Å². The van der Waals surface area contributed by atoms with Crippen LogP contribution in [0.25, 0.3) is 0 Å². The summed E-state index contributed by atoms with van der Waals surface area (Å²) in [6.45, 7) is 7.91. The molecule has 2 rings (SSSR count). The molecule has 1 amide bonds. The molecule has 0 bridgehead atoms. The van der Waals surface area contributed by atoms with Crippen LogP contribution in [0.4, 0.5) is 5.69 Å². The molecular formula is C14H17NO3. The lowest BCUT2D eigenvalue weighted by Crippen LogP contribution is -2.09. The largest absolute Gasteiger partial charge is 0.492 e. The third-order valence-electron chi connectivity index (χ3n) is 2.74. The Morgan fingerprint density at radius 3 is 3.11 bits per heavy atom. The molecule has 0 aliphatic carbocycles. The lowest BCUT2D eigenvalue weighted by molar-refractivity contribution is -0.111. The number of hydrogen-bond acceptors (Lipinski definition) is 3. The number of benzene rings is 1. The van der Waals surface area contributed by atoms with Crippen LogP contribution in [0, 0.1) is 0 Å². The fourth-order valence-corrected chi connectivity index (χ4v) is 2.00. The van der Waals surface area contributed by atoms with Gasteiger partial charge in [0.15, 0.2) is 0 Å². The second kappa shape index (κ2) is 5.12. The van der Waals surface area contributed by atoms with Crippen molar-refractivity contribution in [2.75, 3.05) is 11.9 Å². The highest BCUT2D eigenvalue weighted by molar-refractivity contribution is 6.00. The van der Waals surface area contributed by atoms with E-state index in [4.69, 9.17) is 9.47 Å². The maximum Gasteiger partial charge on any atom is 0.247 e. The number of carbonyl (C=O) groups is 1. The number of carbonyl (C=O) groups excluding carboxylic acids is 1. The number of amides is 1. The van der Waals surface area contributed by atoms with Gasteiger partial charge in [0.2, 0.25) is 5.91 Å². The quantitative estimate of drug-likeness (QED) is 0.832. The van der Waals surface area contributed by atoms with Crippen LogP contribution in [0.5, 0.6) is 11.5 Å². The zero-order chi connectivity index (χ0) is 13.1. The first-order valence-electron chi connectivity index (χ1n) is 6.03. The second-order valence-electron chi connectivity index (χ2n) is 4.22. The number of rotatable bonds is 4. The molecule has 4 nitrogen and oxygen atoms in total. The molecule has 1 unspecified atom stereocenters. The van der Waals surface area contributed by atoms with Crippen LogP contribution >= 0.6 is 0 Å². The fourth-order valence-electron chi connectivity index (χ4n) is 2.00. The molecule has 0 aromatic heterocycles. The first kappa shape index (κ1) is 12.5. The van der Waals surface area contributed by atoms with E-state index in [9.17, 15) is 4.79 Å². The van der Waals surface area contributed by atoms with E-state index in [0.717, 1.165) is 17.7 Å². The van der Waals surface area contributed by atoms with Crippen molar-refractivity contribution in [3.05, 3.63) is 30.4 Å². The first-order chi connectivity index (χ1) is 8.63. The minimum atomic E-state index is -0.262. The molecule has 1 aliphatic rings. The van der Waals surface area contributed by atoms with E-state index < -0.39 is 0 Å². The molecule has 1 aliphatic heterocycles. The molecule has 1 atom stereocenters. The number of nitrogens with one attached hydrogen (secondary N) is 1. The van der Waals surface area contributed by atoms with Crippen molar-refractivity contribution >= 4 is 11.6 Å². The van der Waals surface area contributed by atoms with E-state index in [1.165, 1.54) is 6.08 Å². The Balaban J connectivity index is 2.34. The average Bonchev–Trinajstić information content (AvgIpc) is 2.69. The summed E-state index contributed by atoms with van der Waals surface area (Å²) in [6.07, 6.45) is 2.26. The van der Waals surface area contributed by atoms with Gasteiger partial charge in [0.05, 0.1) is 12.3 Å². The predicted octanol–water partition coefficient (Wildman–Crippen LogP) is 2.53. The molecule has 96 valence electrons. The van der Waals surface area contributed by atoms with Gasteiger partial charge in [-0.05, 0) is 26.0 Å². The van der Waals surface area contributed by atoms with Gasteiger partial charge in [-0.1, -0.05) is 6.58 Å². The van der Waals surface area contributed by atoms with Gasteiger partial charge in [-0.15, -0.1) is 0 Å². The molecule has 1 N–H and O–H groups in total.